The molecule has 2 heterocycles. The second kappa shape index (κ2) is 8.82. The van der Waals surface area contributed by atoms with Crippen molar-refractivity contribution in [2.75, 3.05) is 19.0 Å². The van der Waals surface area contributed by atoms with Gasteiger partial charge in [0.2, 0.25) is 5.91 Å². The number of ether oxygens (including phenoxy) is 2. The van der Waals surface area contributed by atoms with Gasteiger partial charge in [-0.1, -0.05) is 30.3 Å². The van der Waals surface area contributed by atoms with Crippen LogP contribution in [0.2, 0.25) is 0 Å². The molecule has 7 nitrogen and oxygen atoms in total. The zero-order valence-corrected chi connectivity index (χ0v) is 16.7. The molecule has 0 aliphatic carbocycles. The Morgan fingerprint density at radius 3 is 2.77 bits per heavy atom. The summed E-state index contributed by atoms with van der Waals surface area (Å²) in [6, 6.07) is 16.2. The summed E-state index contributed by atoms with van der Waals surface area (Å²) in [5.74, 6) is 0.435. The van der Waals surface area contributed by atoms with E-state index in [1.54, 1.807) is 25.4 Å². The Labute approximate surface area is 174 Å². The molecule has 0 saturated carbocycles. The van der Waals surface area contributed by atoms with Gasteiger partial charge in [-0.05, 0) is 42.7 Å². The Balaban J connectivity index is 1.46. The average molecular weight is 405 g/mol. The molecule has 154 valence electrons. The Bertz CT molecular complexity index is 1050. The zero-order chi connectivity index (χ0) is 20.9. The molecule has 2 amide bonds. The van der Waals surface area contributed by atoms with Gasteiger partial charge in [-0.15, -0.1) is 0 Å². The van der Waals surface area contributed by atoms with E-state index in [2.05, 4.69) is 10.3 Å². The number of aromatic nitrogens is 1. The minimum Gasteiger partial charge on any atom is -0.496 e. The first kappa shape index (κ1) is 19.7. The number of hydrogen-bond acceptors (Lipinski definition) is 5. The van der Waals surface area contributed by atoms with Crippen molar-refractivity contribution < 1.29 is 19.1 Å². The van der Waals surface area contributed by atoms with Crippen LogP contribution in [0.1, 0.15) is 18.4 Å². The van der Waals surface area contributed by atoms with E-state index in [0.29, 0.717) is 29.9 Å². The first-order chi connectivity index (χ1) is 14.7. The largest absolute Gasteiger partial charge is 0.496 e. The highest BCUT2D eigenvalue weighted by Crippen LogP contribution is 2.30. The van der Waals surface area contributed by atoms with E-state index in [0.717, 1.165) is 17.4 Å². The van der Waals surface area contributed by atoms with Crippen molar-refractivity contribution in [3.63, 3.8) is 0 Å². The van der Waals surface area contributed by atoms with Gasteiger partial charge < -0.3 is 14.8 Å². The van der Waals surface area contributed by atoms with Crippen molar-refractivity contribution >= 4 is 28.6 Å². The van der Waals surface area contributed by atoms with E-state index >= 15 is 0 Å². The molecule has 1 aliphatic rings. The van der Waals surface area contributed by atoms with Crippen molar-refractivity contribution in [3.05, 3.63) is 66.4 Å². The van der Waals surface area contributed by atoms with Crippen LogP contribution in [0.3, 0.4) is 0 Å². The summed E-state index contributed by atoms with van der Waals surface area (Å²) in [7, 11) is 1.59. The quantitative estimate of drug-likeness (QED) is 0.694. The number of likely N-dealkylation sites (tertiary alicyclic amines) is 1. The normalized spacial score (nSPS) is 15.8. The number of carbonyl (C=O) groups excluding carboxylic acids is 2. The molecule has 0 radical (unpaired) electrons. The third-order valence-corrected chi connectivity index (χ3v) is 5.20. The molecular formula is C23H23N3O4. The molecule has 1 N–H and O–H groups in total. The number of benzene rings is 2. The van der Waals surface area contributed by atoms with Gasteiger partial charge in [0.25, 0.3) is 0 Å². The fraction of sp³-hybridized carbons (Fsp3) is 0.261. The molecule has 1 aliphatic heterocycles. The molecule has 0 unspecified atom stereocenters. The predicted molar refractivity (Wildman–Crippen MR) is 113 cm³/mol. The average Bonchev–Trinajstić information content (AvgIpc) is 3.29. The lowest BCUT2D eigenvalue weighted by molar-refractivity contribution is -0.120. The third-order valence-electron chi connectivity index (χ3n) is 5.20. The Kier molecular flexibility index (Phi) is 5.79. The lowest BCUT2D eigenvalue weighted by Gasteiger charge is -2.23. The predicted octanol–water partition coefficient (Wildman–Crippen LogP) is 3.98. The molecule has 2 aromatic carbocycles. The molecule has 1 saturated heterocycles. The lowest BCUT2D eigenvalue weighted by Crippen LogP contribution is -2.43. The van der Waals surface area contributed by atoms with E-state index in [1.165, 1.54) is 4.90 Å². The topological polar surface area (TPSA) is 80.8 Å². The van der Waals surface area contributed by atoms with Gasteiger partial charge in [-0.3, -0.25) is 14.7 Å². The van der Waals surface area contributed by atoms with Gasteiger partial charge in [-0.2, -0.15) is 0 Å². The van der Waals surface area contributed by atoms with Crippen LogP contribution in [0.25, 0.3) is 10.9 Å². The van der Waals surface area contributed by atoms with E-state index in [-0.39, 0.29) is 12.5 Å². The van der Waals surface area contributed by atoms with Crippen molar-refractivity contribution in [3.8, 4) is 5.75 Å². The summed E-state index contributed by atoms with van der Waals surface area (Å²) in [4.78, 5) is 31.4. The van der Waals surface area contributed by atoms with Crippen LogP contribution in [0, 0.1) is 0 Å². The van der Waals surface area contributed by atoms with E-state index in [9.17, 15) is 9.59 Å². The summed E-state index contributed by atoms with van der Waals surface area (Å²) < 4.78 is 10.8. The number of rotatable bonds is 5. The van der Waals surface area contributed by atoms with Crippen LogP contribution in [0.15, 0.2) is 60.8 Å². The second-order valence-corrected chi connectivity index (χ2v) is 7.10. The van der Waals surface area contributed by atoms with Crippen LogP contribution < -0.4 is 10.1 Å². The van der Waals surface area contributed by atoms with Gasteiger partial charge in [0.1, 0.15) is 18.4 Å². The smallest absolute Gasteiger partial charge is 0.410 e. The summed E-state index contributed by atoms with van der Waals surface area (Å²) in [5, 5.41) is 3.74. The number of fused-ring (bicyclic) bond motifs is 1. The van der Waals surface area contributed by atoms with Crippen LogP contribution in [-0.2, 0) is 16.1 Å². The van der Waals surface area contributed by atoms with Crippen molar-refractivity contribution in [2.24, 2.45) is 0 Å². The highest BCUT2D eigenvalue weighted by molar-refractivity contribution is 6.04. The first-order valence-corrected chi connectivity index (χ1v) is 9.87. The molecule has 0 bridgehead atoms. The molecule has 7 heteroatoms. The fourth-order valence-corrected chi connectivity index (χ4v) is 3.70. The SMILES string of the molecule is COc1ccc(NC(=O)[C@@H]2CCCN2C(=O)OCc2ccccc2)c2ncccc12. The monoisotopic (exact) mass is 405 g/mol. The number of amides is 2. The maximum absolute atomic E-state index is 13.0. The van der Waals surface area contributed by atoms with E-state index < -0.39 is 12.1 Å². The summed E-state index contributed by atoms with van der Waals surface area (Å²) in [6.45, 7) is 0.671. The minimum atomic E-state index is -0.575. The number of methoxy groups -OCH3 is 1. The summed E-state index contributed by atoms with van der Waals surface area (Å²) >= 11 is 0. The molecule has 1 fully saturated rings. The van der Waals surface area contributed by atoms with E-state index in [4.69, 9.17) is 9.47 Å². The van der Waals surface area contributed by atoms with Crippen molar-refractivity contribution in [1.82, 2.24) is 9.88 Å². The highest BCUT2D eigenvalue weighted by atomic mass is 16.6. The van der Waals surface area contributed by atoms with Gasteiger partial charge in [0, 0.05) is 18.1 Å². The maximum Gasteiger partial charge on any atom is 0.410 e. The van der Waals surface area contributed by atoms with Gasteiger partial charge >= 0.3 is 6.09 Å². The van der Waals surface area contributed by atoms with Crippen molar-refractivity contribution in [1.29, 1.82) is 0 Å². The Hall–Kier alpha value is -3.61. The number of carbonyl (C=O) groups is 2. The molecule has 1 atom stereocenters. The standard InChI is InChI=1S/C23H23N3O4/c1-29-20-12-11-18(21-17(20)9-5-13-24-21)25-22(27)19-10-6-14-26(19)23(28)30-15-16-7-3-2-4-8-16/h2-5,7-9,11-13,19H,6,10,14-15H2,1H3,(H,25,27)/t19-/m0/s1. The van der Waals surface area contributed by atoms with Crippen LogP contribution in [-0.4, -0.2) is 41.6 Å². The lowest BCUT2D eigenvalue weighted by atomic mass is 10.1. The zero-order valence-electron chi connectivity index (χ0n) is 16.7. The maximum atomic E-state index is 13.0. The molecular weight excluding hydrogens is 382 g/mol. The highest BCUT2D eigenvalue weighted by Gasteiger charge is 2.35. The van der Waals surface area contributed by atoms with Gasteiger partial charge in [0.05, 0.1) is 18.3 Å². The fourth-order valence-electron chi connectivity index (χ4n) is 3.70. The van der Waals surface area contributed by atoms with Crippen molar-refractivity contribution in [2.45, 2.75) is 25.5 Å². The molecule has 1 aromatic heterocycles. The van der Waals surface area contributed by atoms with Gasteiger partial charge in [-0.25, -0.2) is 4.79 Å². The summed E-state index contributed by atoms with van der Waals surface area (Å²) in [6.07, 6.45) is 2.53. The first-order valence-electron chi connectivity index (χ1n) is 9.87. The number of hydrogen-bond donors (Lipinski definition) is 1. The second-order valence-electron chi connectivity index (χ2n) is 7.10. The molecule has 0 spiro atoms. The van der Waals surface area contributed by atoms with Gasteiger partial charge in [0.15, 0.2) is 0 Å². The van der Waals surface area contributed by atoms with E-state index in [1.807, 2.05) is 42.5 Å². The van der Waals surface area contributed by atoms with Crippen LogP contribution in [0.4, 0.5) is 10.5 Å². The minimum absolute atomic E-state index is 0.178. The number of nitrogens with one attached hydrogen (secondary N) is 1. The Morgan fingerprint density at radius 2 is 1.97 bits per heavy atom. The Morgan fingerprint density at radius 1 is 1.13 bits per heavy atom. The number of pyridine rings is 1. The molecule has 4 rings (SSSR count). The number of anilines is 1. The van der Waals surface area contributed by atoms with Crippen LogP contribution in [0.5, 0.6) is 5.75 Å². The van der Waals surface area contributed by atoms with Crippen LogP contribution >= 0.6 is 0 Å². The third kappa shape index (κ3) is 4.05. The molecule has 30 heavy (non-hydrogen) atoms. The molecule has 3 aromatic rings. The number of nitrogens with zero attached hydrogens (tertiary/aromatic N) is 2. The summed E-state index contributed by atoms with van der Waals surface area (Å²) in [5.41, 5.74) is 2.13.